The molecule has 2 unspecified atom stereocenters. The molecule has 11 aromatic rings. The fourth-order valence-electron chi connectivity index (χ4n) is 9.65. The van der Waals surface area contributed by atoms with Gasteiger partial charge in [-0.2, -0.15) is 0 Å². The van der Waals surface area contributed by atoms with Crippen molar-refractivity contribution >= 4 is 60.0 Å². The number of hydrogen-bond acceptors (Lipinski definition) is 1. The maximum atomic E-state index is 4.15. The number of allylic oxidation sites excluding steroid dienone is 1. The van der Waals surface area contributed by atoms with E-state index in [-0.39, 0.29) is 12.1 Å². The van der Waals surface area contributed by atoms with Gasteiger partial charge in [-0.15, -0.1) is 0 Å². The Hall–Kier alpha value is -7.46. The first-order valence-electron chi connectivity index (χ1n) is 21.3. The minimum atomic E-state index is -0.0220. The highest BCUT2D eigenvalue weighted by Gasteiger charge is 2.24. The van der Waals surface area contributed by atoms with E-state index < -0.39 is 0 Å². The summed E-state index contributed by atoms with van der Waals surface area (Å²) in [4.78, 5) is 0. The van der Waals surface area contributed by atoms with E-state index >= 15 is 0 Å². The van der Waals surface area contributed by atoms with Crippen molar-refractivity contribution in [3.05, 3.63) is 235 Å². The molecule has 0 aliphatic carbocycles. The van der Waals surface area contributed by atoms with Gasteiger partial charge >= 0.3 is 0 Å². The first-order valence-corrected chi connectivity index (χ1v) is 21.3. The van der Waals surface area contributed by atoms with E-state index in [0.717, 1.165) is 11.4 Å². The molecule has 0 radical (unpaired) electrons. The van der Waals surface area contributed by atoms with E-state index in [2.05, 4.69) is 247 Å². The highest BCUT2D eigenvalue weighted by molar-refractivity contribution is 6.16. The highest BCUT2D eigenvalue weighted by Crippen LogP contribution is 2.42. The lowest BCUT2D eigenvalue weighted by molar-refractivity contribution is 0.531. The minimum absolute atomic E-state index is 0.0208. The van der Waals surface area contributed by atoms with E-state index in [1.165, 1.54) is 87.8 Å². The highest BCUT2D eigenvalue weighted by atomic mass is 15.0. The molecule has 0 saturated carbocycles. The third-order valence-electron chi connectivity index (χ3n) is 12.5. The summed E-state index contributed by atoms with van der Waals surface area (Å²) in [6, 6.07) is 77.2. The maximum Gasteiger partial charge on any atom is 0.0595 e. The first kappa shape index (κ1) is 36.6. The number of aromatic nitrogens is 2. The summed E-state index contributed by atoms with van der Waals surface area (Å²) in [5.41, 5.74) is 14.5. The van der Waals surface area contributed by atoms with Gasteiger partial charge in [-0.05, 0) is 101 Å². The van der Waals surface area contributed by atoms with Gasteiger partial charge in [0.05, 0.1) is 28.1 Å². The van der Waals surface area contributed by atoms with Crippen LogP contribution >= 0.6 is 0 Å². The Morgan fingerprint density at radius 1 is 0.459 bits per heavy atom. The second-order valence-electron chi connectivity index (χ2n) is 16.2. The number of fused-ring (bicyclic) bond motifs is 7. The molecule has 0 aliphatic heterocycles. The van der Waals surface area contributed by atoms with E-state index in [1.54, 1.807) is 0 Å². The Balaban J connectivity index is 1.11. The second-order valence-corrected chi connectivity index (χ2v) is 16.2. The minimum Gasteiger partial charge on any atom is -0.309 e. The molecule has 1 N–H and O–H groups in total. The number of benzene rings is 9. The molecule has 2 atom stereocenters. The third kappa shape index (κ3) is 6.42. The molecule has 0 bridgehead atoms. The van der Waals surface area contributed by atoms with E-state index in [4.69, 9.17) is 0 Å². The molecule has 3 nitrogen and oxygen atoms in total. The van der Waals surface area contributed by atoms with E-state index in [0.29, 0.717) is 0 Å². The summed E-state index contributed by atoms with van der Waals surface area (Å²) in [5.74, 6) is 0. The van der Waals surface area contributed by atoms with Gasteiger partial charge in [0, 0.05) is 44.5 Å². The molecule has 2 aromatic heterocycles. The van der Waals surface area contributed by atoms with Crippen LogP contribution in [-0.4, -0.2) is 9.13 Å². The summed E-state index contributed by atoms with van der Waals surface area (Å²) >= 11 is 0. The summed E-state index contributed by atoms with van der Waals surface area (Å²) in [6.45, 7) is 4.56. The lowest BCUT2D eigenvalue weighted by Crippen LogP contribution is -2.24. The molecule has 61 heavy (non-hydrogen) atoms. The molecule has 3 heteroatoms. The van der Waals surface area contributed by atoms with Crippen LogP contribution in [0, 0.1) is 0 Å². The molecule has 0 spiro atoms. The fraction of sp³-hybridized carbons (Fsp3) is 0.0690. The van der Waals surface area contributed by atoms with Crippen molar-refractivity contribution in [1.82, 2.24) is 14.5 Å². The average Bonchev–Trinajstić information content (AvgIpc) is 3.83. The van der Waals surface area contributed by atoms with Gasteiger partial charge in [0.2, 0.25) is 0 Å². The standard InChI is InChI=1S/C58H45N3/c1-39(41-18-6-3-7-19-41)36-53(44-22-10-5-11-23-44)59-40(2)57-48-25-13-12-24-45(48)37-52-50-27-15-17-29-55(50)61(58(52)57)47-34-35-56-51(38-47)49-26-14-16-28-54(49)60(56)46-32-30-43(31-33-46)42-20-8-4-9-21-42/h3-38,40,53,59H,1-2H3/b39-36+. The fourth-order valence-corrected chi connectivity index (χ4v) is 9.65. The van der Waals surface area contributed by atoms with Crippen LogP contribution in [0.25, 0.3) is 82.5 Å². The molecule has 9 aromatic carbocycles. The van der Waals surface area contributed by atoms with Crippen molar-refractivity contribution in [3.8, 4) is 22.5 Å². The molecule has 11 rings (SSSR count). The van der Waals surface area contributed by atoms with Crippen LogP contribution in [0.5, 0.6) is 0 Å². The summed E-state index contributed by atoms with van der Waals surface area (Å²) < 4.78 is 4.93. The van der Waals surface area contributed by atoms with E-state index in [9.17, 15) is 0 Å². The van der Waals surface area contributed by atoms with Crippen molar-refractivity contribution < 1.29 is 0 Å². The van der Waals surface area contributed by atoms with Gasteiger partial charge in [-0.1, -0.05) is 170 Å². The largest absolute Gasteiger partial charge is 0.309 e. The predicted molar refractivity (Wildman–Crippen MR) is 259 cm³/mol. The van der Waals surface area contributed by atoms with Crippen LogP contribution in [0.1, 0.15) is 42.6 Å². The van der Waals surface area contributed by atoms with Gasteiger partial charge in [0.25, 0.3) is 0 Å². The normalized spacial score (nSPS) is 13.1. The van der Waals surface area contributed by atoms with Crippen molar-refractivity contribution in [1.29, 1.82) is 0 Å². The van der Waals surface area contributed by atoms with Crippen molar-refractivity contribution in [2.75, 3.05) is 0 Å². The number of nitrogens with zero attached hydrogens (tertiary/aromatic N) is 2. The number of para-hydroxylation sites is 2. The molecular formula is C58H45N3. The molecule has 0 saturated heterocycles. The SMILES string of the molecule is C/C(=C\C(NC(C)c1c2ccccc2cc2c3ccccc3n(-c3ccc4c(c3)c3ccccc3n4-c3ccc(-c4ccccc4)cc3)c12)c1ccccc1)c1ccccc1. The number of nitrogens with one attached hydrogen (secondary N) is 1. The van der Waals surface area contributed by atoms with Crippen LogP contribution in [-0.2, 0) is 0 Å². The zero-order chi connectivity index (χ0) is 40.9. The van der Waals surface area contributed by atoms with E-state index in [1.807, 2.05) is 0 Å². The summed E-state index contributed by atoms with van der Waals surface area (Å²) in [5, 5.41) is 11.6. The molecule has 2 heterocycles. The van der Waals surface area contributed by atoms with Crippen LogP contribution in [0.4, 0.5) is 0 Å². The Bertz CT molecular complexity index is 3390. The molecule has 0 aliphatic rings. The third-order valence-corrected chi connectivity index (χ3v) is 12.5. The Morgan fingerprint density at radius 2 is 1.00 bits per heavy atom. The Morgan fingerprint density at radius 3 is 1.72 bits per heavy atom. The lowest BCUT2D eigenvalue weighted by atomic mass is 9.94. The van der Waals surface area contributed by atoms with Crippen LogP contribution in [0.15, 0.2) is 218 Å². The van der Waals surface area contributed by atoms with Crippen LogP contribution in [0.2, 0.25) is 0 Å². The van der Waals surface area contributed by atoms with Crippen molar-refractivity contribution in [2.45, 2.75) is 25.9 Å². The van der Waals surface area contributed by atoms with Gasteiger partial charge in [-0.3, -0.25) is 5.32 Å². The molecular weight excluding hydrogens is 739 g/mol. The molecule has 0 fully saturated rings. The van der Waals surface area contributed by atoms with Gasteiger partial charge in [0.1, 0.15) is 0 Å². The van der Waals surface area contributed by atoms with Gasteiger partial charge in [-0.25, -0.2) is 0 Å². The smallest absolute Gasteiger partial charge is 0.0595 e. The lowest BCUT2D eigenvalue weighted by Gasteiger charge is -2.25. The quantitative estimate of drug-likeness (QED) is 0.155. The number of rotatable bonds is 9. The van der Waals surface area contributed by atoms with Gasteiger partial charge in [0.15, 0.2) is 0 Å². The Labute approximate surface area is 356 Å². The molecule has 0 amide bonds. The number of hydrogen-bond donors (Lipinski definition) is 1. The van der Waals surface area contributed by atoms with Crippen molar-refractivity contribution in [3.63, 3.8) is 0 Å². The Kier molecular flexibility index (Phi) is 9.18. The second kappa shape index (κ2) is 15.3. The predicted octanol–water partition coefficient (Wildman–Crippen LogP) is 15.2. The van der Waals surface area contributed by atoms with Gasteiger partial charge < -0.3 is 9.13 Å². The van der Waals surface area contributed by atoms with Crippen LogP contribution in [0.3, 0.4) is 0 Å². The zero-order valence-electron chi connectivity index (χ0n) is 34.3. The first-order chi connectivity index (χ1) is 30.1. The maximum absolute atomic E-state index is 4.15. The molecule has 292 valence electrons. The summed E-state index contributed by atoms with van der Waals surface area (Å²) in [7, 11) is 0. The zero-order valence-corrected chi connectivity index (χ0v) is 34.3. The van der Waals surface area contributed by atoms with Crippen LogP contribution < -0.4 is 5.32 Å². The topological polar surface area (TPSA) is 21.9 Å². The summed E-state index contributed by atoms with van der Waals surface area (Å²) in [6.07, 6.45) is 2.39. The average molecular weight is 784 g/mol. The van der Waals surface area contributed by atoms with Crippen molar-refractivity contribution in [2.24, 2.45) is 0 Å². The monoisotopic (exact) mass is 783 g/mol.